The molecule has 1 atom stereocenters. The highest BCUT2D eigenvalue weighted by Gasteiger charge is 2.28. The molecule has 2 heterocycles. The van der Waals surface area contributed by atoms with E-state index < -0.39 is 11.9 Å². The number of benzene rings is 1. The summed E-state index contributed by atoms with van der Waals surface area (Å²) >= 11 is 0. The Morgan fingerprint density at radius 1 is 1.42 bits per heavy atom. The number of fused-ring (bicyclic) bond motifs is 1. The van der Waals surface area contributed by atoms with E-state index in [0.717, 1.165) is 18.5 Å². The predicted molar refractivity (Wildman–Crippen MR) is 92.2 cm³/mol. The van der Waals surface area contributed by atoms with Gasteiger partial charge in [-0.2, -0.15) is 0 Å². The van der Waals surface area contributed by atoms with Gasteiger partial charge in [-0.15, -0.1) is 0 Å². The van der Waals surface area contributed by atoms with Gasteiger partial charge in [0.25, 0.3) is 11.6 Å². The molecule has 1 saturated carbocycles. The smallest absolute Gasteiger partial charge is 0.259 e. The first-order valence-corrected chi connectivity index (χ1v) is 8.51. The lowest BCUT2D eigenvalue weighted by Crippen LogP contribution is -2.28. The van der Waals surface area contributed by atoms with E-state index in [1.165, 1.54) is 18.2 Å². The average molecular weight is 355 g/mol. The number of aryl methyl sites for hydroxylation is 1. The fourth-order valence-electron chi connectivity index (χ4n) is 3.00. The monoisotopic (exact) mass is 355 g/mol. The molecule has 1 fully saturated rings. The number of nitrogens with one attached hydrogen (secondary N) is 1. The van der Waals surface area contributed by atoms with Gasteiger partial charge in [0.1, 0.15) is 5.82 Å². The Balaban J connectivity index is 1.57. The van der Waals surface area contributed by atoms with Crippen LogP contribution in [0.5, 0.6) is 0 Å². The number of carbonyl (C=O) groups excluding carboxylic acids is 1. The third kappa shape index (κ3) is 3.17. The molecule has 7 heteroatoms. The van der Waals surface area contributed by atoms with Crippen molar-refractivity contribution < 1.29 is 18.8 Å². The zero-order valence-corrected chi connectivity index (χ0v) is 14.2. The molecule has 1 unspecified atom stereocenters. The molecule has 134 valence electrons. The SMILES string of the molecule is Cc1noc2nc(C3CC3)cc(C(=O)NCC(O)c3cccc(F)c3)c12. The minimum absolute atomic E-state index is 0.0325. The maximum absolute atomic E-state index is 13.3. The van der Waals surface area contributed by atoms with Gasteiger partial charge in [-0.1, -0.05) is 17.3 Å². The third-order valence-corrected chi connectivity index (χ3v) is 4.57. The van der Waals surface area contributed by atoms with E-state index in [4.69, 9.17) is 4.52 Å². The second kappa shape index (κ2) is 6.49. The summed E-state index contributed by atoms with van der Waals surface area (Å²) in [5.74, 6) is -0.423. The number of hydrogen-bond acceptors (Lipinski definition) is 5. The summed E-state index contributed by atoms with van der Waals surface area (Å²) < 4.78 is 18.5. The number of aliphatic hydroxyl groups is 1. The number of pyridine rings is 1. The summed E-state index contributed by atoms with van der Waals surface area (Å²) in [6.07, 6.45) is 1.09. The Labute approximate surface area is 149 Å². The van der Waals surface area contributed by atoms with Crippen LogP contribution in [0, 0.1) is 12.7 Å². The van der Waals surface area contributed by atoms with Gasteiger partial charge in [-0.25, -0.2) is 9.37 Å². The largest absolute Gasteiger partial charge is 0.387 e. The predicted octanol–water partition coefficient (Wildman–Crippen LogP) is 3.01. The third-order valence-electron chi connectivity index (χ3n) is 4.57. The molecule has 2 N–H and O–H groups in total. The van der Waals surface area contributed by atoms with E-state index in [1.54, 1.807) is 19.1 Å². The summed E-state index contributed by atoms with van der Waals surface area (Å²) in [6.45, 7) is 1.72. The lowest BCUT2D eigenvalue weighted by Gasteiger charge is -2.13. The molecule has 6 nitrogen and oxygen atoms in total. The molecule has 0 saturated heterocycles. The minimum Gasteiger partial charge on any atom is -0.387 e. The van der Waals surface area contributed by atoms with E-state index in [-0.39, 0.29) is 12.5 Å². The average Bonchev–Trinajstić information content (AvgIpc) is 3.42. The zero-order valence-electron chi connectivity index (χ0n) is 14.2. The van der Waals surface area contributed by atoms with Crippen molar-refractivity contribution in [1.82, 2.24) is 15.5 Å². The van der Waals surface area contributed by atoms with Crippen molar-refractivity contribution in [3.8, 4) is 0 Å². The van der Waals surface area contributed by atoms with E-state index >= 15 is 0 Å². The highest BCUT2D eigenvalue weighted by atomic mass is 19.1. The van der Waals surface area contributed by atoms with Gasteiger partial charge >= 0.3 is 0 Å². The first-order chi connectivity index (χ1) is 12.5. The van der Waals surface area contributed by atoms with Crippen molar-refractivity contribution >= 4 is 17.0 Å². The summed E-state index contributed by atoms with van der Waals surface area (Å²) in [5.41, 5.74) is 2.60. The Kier molecular flexibility index (Phi) is 4.16. The van der Waals surface area contributed by atoms with Crippen LogP contribution in [0.4, 0.5) is 4.39 Å². The second-order valence-corrected chi connectivity index (χ2v) is 6.60. The lowest BCUT2D eigenvalue weighted by atomic mass is 10.1. The van der Waals surface area contributed by atoms with Crippen molar-refractivity contribution in [2.45, 2.75) is 31.8 Å². The highest BCUT2D eigenvalue weighted by molar-refractivity contribution is 6.06. The van der Waals surface area contributed by atoms with E-state index in [0.29, 0.717) is 33.8 Å². The number of carbonyl (C=O) groups is 1. The molecule has 0 spiro atoms. The first-order valence-electron chi connectivity index (χ1n) is 8.51. The fourth-order valence-corrected chi connectivity index (χ4v) is 3.00. The topological polar surface area (TPSA) is 88.2 Å². The van der Waals surface area contributed by atoms with Crippen LogP contribution >= 0.6 is 0 Å². The van der Waals surface area contributed by atoms with E-state index in [2.05, 4.69) is 15.5 Å². The van der Waals surface area contributed by atoms with Gasteiger partial charge in [-0.05, 0) is 43.5 Å². The molecular weight excluding hydrogens is 337 g/mol. The number of hydrogen-bond donors (Lipinski definition) is 2. The van der Waals surface area contributed by atoms with Crippen LogP contribution in [0.1, 0.15) is 52.2 Å². The molecule has 2 aromatic heterocycles. The number of aromatic nitrogens is 2. The van der Waals surface area contributed by atoms with Crippen molar-refractivity contribution in [2.75, 3.05) is 6.54 Å². The first kappa shape index (κ1) is 16.7. The Hall–Kier alpha value is -2.80. The maximum atomic E-state index is 13.3. The number of amides is 1. The zero-order chi connectivity index (χ0) is 18.3. The molecule has 0 radical (unpaired) electrons. The number of rotatable bonds is 5. The Morgan fingerprint density at radius 3 is 2.96 bits per heavy atom. The van der Waals surface area contributed by atoms with E-state index in [1.807, 2.05) is 0 Å². The van der Waals surface area contributed by atoms with Gasteiger partial charge < -0.3 is 14.9 Å². The Morgan fingerprint density at radius 2 is 2.23 bits per heavy atom. The van der Waals surface area contributed by atoms with Crippen molar-refractivity contribution in [2.24, 2.45) is 0 Å². The molecule has 26 heavy (non-hydrogen) atoms. The molecule has 1 aromatic carbocycles. The van der Waals surface area contributed by atoms with Crippen molar-refractivity contribution in [3.63, 3.8) is 0 Å². The highest BCUT2D eigenvalue weighted by Crippen LogP contribution is 2.40. The van der Waals surface area contributed by atoms with Crippen LogP contribution in [0.2, 0.25) is 0 Å². The van der Waals surface area contributed by atoms with Crippen LogP contribution < -0.4 is 5.32 Å². The van der Waals surface area contributed by atoms with Crippen molar-refractivity contribution in [1.29, 1.82) is 0 Å². The Bertz CT molecular complexity index is 981. The molecular formula is C19H18FN3O3. The number of nitrogens with zero attached hydrogens (tertiary/aromatic N) is 2. The fraction of sp³-hybridized carbons (Fsp3) is 0.316. The summed E-state index contributed by atoms with van der Waals surface area (Å²) in [6, 6.07) is 7.45. The molecule has 0 bridgehead atoms. The quantitative estimate of drug-likeness (QED) is 0.734. The van der Waals surface area contributed by atoms with Crippen LogP contribution in [-0.4, -0.2) is 27.7 Å². The minimum atomic E-state index is -1.00. The molecule has 4 rings (SSSR count). The maximum Gasteiger partial charge on any atom is 0.259 e. The summed E-state index contributed by atoms with van der Waals surface area (Å²) in [5, 5.41) is 17.4. The van der Waals surface area contributed by atoms with Gasteiger partial charge in [0.05, 0.1) is 22.7 Å². The molecule has 3 aromatic rings. The number of halogens is 1. The van der Waals surface area contributed by atoms with Crippen molar-refractivity contribution in [3.05, 3.63) is 58.7 Å². The van der Waals surface area contributed by atoms with Crippen LogP contribution in [0.3, 0.4) is 0 Å². The van der Waals surface area contributed by atoms with Crippen LogP contribution in [-0.2, 0) is 0 Å². The van der Waals surface area contributed by atoms with Gasteiger partial charge in [0.15, 0.2) is 0 Å². The van der Waals surface area contributed by atoms with E-state index in [9.17, 15) is 14.3 Å². The summed E-state index contributed by atoms with van der Waals surface area (Å²) in [7, 11) is 0. The standard InChI is InChI=1S/C19H18FN3O3/c1-10-17-14(8-15(11-5-6-11)22-19(17)26-23-10)18(25)21-9-16(24)12-3-2-4-13(20)7-12/h2-4,7-8,11,16,24H,5-6,9H2,1H3,(H,21,25). The summed E-state index contributed by atoms with van der Waals surface area (Å²) in [4.78, 5) is 17.2. The lowest BCUT2D eigenvalue weighted by molar-refractivity contribution is 0.0917. The van der Waals surface area contributed by atoms with Crippen LogP contribution in [0.15, 0.2) is 34.9 Å². The molecule has 0 aliphatic heterocycles. The normalized spacial score (nSPS) is 15.2. The molecule has 1 aliphatic rings. The van der Waals surface area contributed by atoms with Gasteiger partial charge in [0, 0.05) is 18.2 Å². The van der Waals surface area contributed by atoms with Gasteiger partial charge in [0.2, 0.25) is 0 Å². The number of aliphatic hydroxyl groups excluding tert-OH is 1. The molecule has 1 amide bonds. The van der Waals surface area contributed by atoms with Gasteiger partial charge in [-0.3, -0.25) is 4.79 Å². The molecule has 1 aliphatic carbocycles. The second-order valence-electron chi connectivity index (χ2n) is 6.60. The van der Waals surface area contributed by atoms with Crippen LogP contribution in [0.25, 0.3) is 11.1 Å².